The van der Waals surface area contributed by atoms with E-state index in [2.05, 4.69) is 5.10 Å². The molecule has 19 heavy (non-hydrogen) atoms. The van der Waals surface area contributed by atoms with Crippen LogP contribution in [0.25, 0.3) is 5.69 Å². The molecule has 0 bridgehead atoms. The summed E-state index contributed by atoms with van der Waals surface area (Å²) in [6, 6.07) is 8.40. The lowest BCUT2D eigenvalue weighted by molar-refractivity contribution is 0.107. The van der Waals surface area contributed by atoms with Gasteiger partial charge in [-0.3, -0.25) is 9.59 Å². The van der Waals surface area contributed by atoms with Gasteiger partial charge in [0.2, 0.25) is 0 Å². The molecule has 0 saturated carbocycles. The number of halogens is 1. The molecule has 2 aromatic rings. The van der Waals surface area contributed by atoms with Crippen molar-refractivity contribution in [3.05, 3.63) is 51.9 Å². The summed E-state index contributed by atoms with van der Waals surface area (Å²) in [5.41, 5.74) is 0.962. The van der Waals surface area contributed by atoms with Crippen LogP contribution in [-0.4, -0.2) is 22.1 Å². The summed E-state index contributed by atoms with van der Waals surface area (Å²) < 4.78 is 6.06. The number of rotatable bonds is 3. The van der Waals surface area contributed by atoms with E-state index in [-0.39, 0.29) is 11.4 Å². The molecule has 5 nitrogen and oxygen atoms in total. The Morgan fingerprint density at radius 1 is 1.37 bits per heavy atom. The first-order valence-electron chi connectivity index (χ1n) is 5.49. The van der Waals surface area contributed by atoms with Crippen LogP contribution in [-0.2, 0) is 0 Å². The minimum absolute atomic E-state index is 0.0647. The summed E-state index contributed by atoms with van der Waals surface area (Å²) in [7, 11) is 1.35. The molecule has 0 spiro atoms. The van der Waals surface area contributed by atoms with Crippen molar-refractivity contribution < 1.29 is 9.53 Å². The number of hydrogen-bond acceptors (Lipinski definition) is 4. The predicted molar refractivity (Wildman–Crippen MR) is 71.3 cm³/mol. The Labute approximate surface area is 114 Å². The highest BCUT2D eigenvalue weighted by atomic mass is 35.5. The Bertz CT molecular complexity index is 695. The summed E-state index contributed by atoms with van der Waals surface area (Å²) in [6.45, 7) is 1.84. The maximum atomic E-state index is 12.0. The number of ether oxygens (including phenoxy) is 1. The van der Waals surface area contributed by atoms with E-state index in [1.807, 2.05) is 19.1 Å². The standard InChI is InChI=1S/C13H11ClN2O3/c1-8-5-3-4-6-9(8)16-11(17)7-10(19-2)12(15-16)13(14)18/h3-7H,1-2H3. The number of para-hydroxylation sites is 1. The van der Waals surface area contributed by atoms with Crippen LogP contribution in [0.3, 0.4) is 0 Å². The van der Waals surface area contributed by atoms with Crippen molar-refractivity contribution in [3.8, 4) is 11.4 Å². The number of benzene rings is 1. The van der Waals surface area contributed by atoms with Gasteiger partial charge in [0, 0.05) is 6.07 Å². The van der Waals surface area contributed by atoms with Gasteiger partial charge in [-0.1, -0.05) is 18.2 Å². The third-order valence-electron chi connectivity index (χ3n) is 2.65. The van der Waals surface area contributed by atoms with Crippen molar-refractivity contribution in [2.75, 3.05) is 7.11 Å². The Morgan fingerprint density at radius 2 is 2.05 bits per heavy atom. The molecule has 0 aliphatic rings. The molecule has 0 unspecified atom stereocenters. The van der Waals surface area contributed by atoms with Crippen molar-refractivity contribution in [2.45, 2.75) is 6.92 Å². The Kier molecular flexibility index (Phi) is 3.66. The Hall–Kier alpha value is -2.14. The fourth-order valence-corrected chi connectivity index (χ4v) is 1.84. The molecule has 1 aromatic carbocycles. The summed E-state index contributed by atoms with van der Waals surface area (Å²) in [5.74, 6) is 0.0647. The molecule has 0 saturated heterocycles. The third kappa shape index (κ3) is 2.51. The van der Waals surface area contributed by atoms with E-state index in [1.165, 1.54) is 13.2 Å². The Morgan fingerprint density at radius 3 is 2.63 bits per heavy atom. The van der Waals surface area contributed by atoms with Crippen LogP contribution in [0.5, 0.6) is 5.75 Å². The summed E-state index contributed by atoms with van der Waals surface area (Å²) in [5, 5.41) is 3.19. The molecule has 0 atom stereocenters. The van der Waals surface area contributed by atoms with E-state index in [1.54, 1.807) is 12.1 Å². The first-order valence-corrected chi connectivity index (χ1v) is 5.86. The zero-order valence-electron chi connectivity index (χ0n) is 10.4. The number of hydrogen-bond donors (Lipinski definition) is 0. The second-order valence-corrected chi connectivity index (χ2v) is 4.21. The molecule has 0 N–H and O–H groups in total. The van der Waals surface area contributed by atoms with Gasteiger partial charge < -0.3 is 4.74 Å². The SMILES string of the molecule is COc1cc(=O)n(-c2ccccc2C)nc1C(=O)Cl. The van der Waals surface area contributed by atoms with E-state index >= 15 is 0 Å². The van der Waals surface area contributed by atoms with Crippen LogP contribution in [0.4, 0.5) is 0 Å². The number of carbonyl (C=O) groups is 1. The van der Waals surface area contributed by atoms with Crippen LogP contribution >= 0.6 is 11.6 Å². The van der Waals surface area contributed by atoms with Crippen molar-refractivity contribution in [3.63, 3.8) is 0 Å². The third-order valence-corrected chi connectivity index (χ3v) is 2.83. The molecule has 0 radical (unpaired) electrons. The van der Waals surface area contributed by atoms with E-state index in [9.17, 15) is 9.59 Å². The maximum Gasteiger partial charge on any atom is 0.276 e. The lowest BCUT2D eigenvalue weighted by Gasteiger charge is -2.10. The highest BCUT2D eigenvalue weighted by molar-refractivity contribution is 6.67. The van der Waals surface area contributed by atoms with Gasteiger partial charge in [-0.25, -0.2) is 0 Å². The van der Waals surface area contributed by atoms with Gasteiger partial charge in [0.1, 0.15) is 0 Å². The van der Waals surface area contributed by atoms with Crippen molar-refractivity contribution in [1.29, 1.82) is 0 Å². The van der Waals surface area contributed by atoms with Gasteiger partial charge in [-0.05, 0) is 30.2 Å². The Balaban J connectivity index is 2.72. The average molecular weight is 279 g/mol. The zero-order chi connectivity index (χ0) is 14.0. The van der Waals surface area contributed by atoms with Gasteiger partial charge >= 0.3 is 0 Å². The van der Waals surface area contributed by atoms with Crippen molar-refractivity contribution >= 4 is 16.8 Å². The van der Waals surface area contributed by atoms with Crippen LogP contribution in [0.2, 0.25) is 0 Å². The number of aryl methyl sites for hydroxylation is 1. The number of carbonyl (C=O) groups excluding carboxylic acids is 1. The second kappa shape index (κ2) is 5.24. The zero-order valence-corrected chi connectivity index (χ0v) is 11.1. The number of aromatic nitrogens is 2. The molecule has 1 heterocycles. The molecule has 0 aliphatic carbocycles. The molecular formula is C13H11ClN2O3. The molecule has 0 fully saturated rings. The van der Waals surface area contributed by atoms with Gasteiger partial charge in [-0.2, -0.15) is 9.78 Å². The monoisotopic (exact) mass is 278 g/mol. The fourth-order valence-electron chi connectivity index (χ4n) is 1.71. The largest absolute Gasteiger partial charge is 0.494 e. The highest BCUT2D eigenvalue weighted by Gasteiger charge is 2.16. The lowest BCUT2D eigenvalue weighted by atomic mass is 10.2. The topological polar surface area (TPSA) is 61.2 Å². The first kappa shape index (κ1) is 13.3. The average Bonchev–Trinajstić information content (AvgIpc) is 2.39. The predicted octanol–water partition coefficient (Wildman–Crippen LogP) is 1.93. The van der Waals surface area contributed by atoms with E-state index < -0.39 is 10.8 Å². The van der Waals surface area contributed by atoms with Crippen LogP contribution < -0.4 is 10.3 Å². The normalized spacial score (nSPS) is 10.3. The molecular weight excluding hydrogens is 268 g/mol. The summed E-state index contributed by atoms with van der Waals surface area (Å²) >= 11 is 5.44. The maximum absolute atomic E-state index is 12.0. The molecule has 0 aliphatic heterocycles. The van der Waals surface area contributed by atoms with E-state index in [4.69, 9.17) is 16.3 Å². The van der Waals surface area contributed by atoms with Crippen molar-refractivity contribution in [1.82, 2.24) is 9.78 Å². The molecule has 98 valence electrons. The fraction of sp³-hybridized carbons (Fsp3) is 0.154. The van der Waals surface area contributed by atoms with Gasteiger partial charge in [-0.15, -0.1) is 0 Å². The highest BCUT2D eigenvalue weighted by Crippen LogP contribution is 2.17. The van der Waals surface area contributed by atoms with Gasteiger partial charge in [0.25, 0.3) is 10.8 Å². The van der Waals surface area contributed by atoms with Crippen LogP contribution in [0.1, 0.15) is 16.1 Å². The summed E-state index contributed by atoms with van der Waals surface area (Å²) in [4.78, 5) is 23.3. The van der Waals surface area contributed by atoms with Gasteiger partial charge in [0.15, 0.2) is 11.4 Å². The van der Waals surface area contributed by atoms with Crippen molar-refractivity contribution in [2.24, 2.45) is 0 Å². The minimum Gasteiger partial charge on any atom is -0.494 e. The van der Waals surface area contributed by atoms with Gasteiger partial charge in [0.05, 0.1) is 12.8 Å². The first-order chi connectivity index (χ1) is 9.04. The molecule has 0 amide bonds. The quantitative estimate of drug-likeness (QED) is 0.805. The lowest BCUT2D eigenvalue weighted by Crippen LogP contribution is -2.23. The van der Waals surface area contributed by atoms with Crippen LogP contribution in [0, 0.1) is 6.92 Å². The number of nitrogens with zero attached hydrogens (tertiary/aromatic N) is 2. The molecule has 1 aromatic heterocycles. The van der Waals surface area contributed by atoms with E-state index in [0.717, 1.165) is 10.2 Å². The van der Waals surface area contributed by atoms with E-state index in [0.29, 0.717) is 5.69 Å². The van der Waals surface area contributed by atoms with Crippen LogP contribution in [0.15, 0.2) is 35.1 Å². The summed E-state index contributed by atoms with van der Waals surface area (Å²) in [6.07, 6.45) is 0. The second-order valence-electron chi connectivity index (χ2n) is 3.87. The minimum atomic E-state index is -0.779. The number of methoxy groups -OCH3 is 1. The smallest absolute Gasteiger partial charge is 0.276 e. The molecule has 6 heteroatoms. The molecule has 2 rings (SSSR count).